The van der Waals surface area contributed by atoms with Crippen molar-refractivity contribution in [3.63, 3.8) is 0 Å². The number of para-hydroxylation sites is 2. The van der Waals surface area contributed by atoms with E-state index in [4.69, 9.17) is 9.47 Å². The first-order valence-corrected chi connectivity index (χ1v) is 13.7. The highest BCUT2D eigenvalue weighted by molar-refractivity contribution is 7.22. The molecule has 1 N–H and O–H groups in total. The zero-order valence-corrected chi connectivity index (χ0v) is 22.9. The lowest BCUT2D eigenvalue weighted by Crippen LogP contribution is -2.50. The summed E-state index contributed by atoms with van der Waals surface area (Å²) in [6, 6.07) is 11.1. The SMILES string of the molecule is CCOC(=O)c1ccc(-c2nc(C(=O)Nc3ccccc3N3CCN(C(=O)OC(C)(C)C)CC3)cs2)s1. The normalized spacial score (nSPS) is 13.8. The van der Waals surface area contributed by atoms with E-state index in [1.165, 1.54) is 22.7 Å². The number of thiophene rings is 1. The molecule has 1 saturated heterocycles. The number of ether oxygens (including phenoxy) is 2. The van der Waals surface area contributed by atoms with E-state index in [1.807, 2.05) is 51.1 Å². The van der Waals surface area contributed by atoms with E-state index >= 15 is 0 Å². The first-order chi connectivity index (χ1) is 17.6. The fraction of sp³-hybridized carbons (Fsp3) is 0.385. The first kappa shape index (κ1) is 26.6. The monoisotopic (exact) mass is 542 g/mol. The number of carbonyl (C=O) groups excluding carboxylic acids is 3. The number of piperazine rings is 1. The van der Waals surface area contributed by atoms with Crippen LogP contribution in [0.1, 0.15) is 47.9 Å². The number of anilines is 2. The Balaban J connectivity index is 1.41. The molecule has 1 aromatic carbocycles. The summed E-state index contributed by atoms with van der Waals surface area (Å²) < 4.78 is 10.5. The molecule has 2 aromatic heterocycles. The summed E-state index contributed by atoms with van der Waals surface area (Å²) in [5, 5.41) is 5.35. The Morgan fingerprint density at radius 1 is 1.05 bits per heavy atom. The van der Waals surface area contributed by atoms with Crippen LogP contribution in [0.5, 0.6) is 0 Å². The molecule has 37 heavy (non-hydrogen) atoms. The van der Waals surface area contributed by atoms with Crippen molar-refractivity contribution in [1.82, 2.24) is 9.88 Å². The highest BCUT2D eigenvalue weighted by Crippen LogP contribution is 2.32. The number of nitrogens with one attached hydrogen (secondary N) is 1. The largest absolute Gasteiger partial charge is 0.462 e. The lowest BCUT2D eigenvalue weighted by atomic mass is 10.2. The molecule has 3 aromatic rings. The molecule has 0 atom stereocenters. The number of carbonyl (C=O) groups is 3. The lowest BCUT2D eigenvalue weighted by molar-refractivity contribution is 0.0240. The van der Waals surface area contributed by atoms with Gasteiger partial charge in [0.05, 0.1) is 22.9 Å². The van der Waals surface area contributed by atoms with Crippen molar-refractivity contribution in [2.45, 2.75) is 33.3 Å². The van der Waals surface area contributed by atoms with Gasteiger partial charge in [0.1, 0.15) is 21.2 Å². The van der Waals surface area contributed by atoms with Crippen LogP contribution >= 0.6 is 22.7 Å². The average molecular weight is 543 g/mol. The second-order valence-electron chi connectivity index (χ2n) is 9.35. The van der Waals surface area contributed by atoms with Crippen LogP contribution in [0.2, 0.25) is 0 Å². The molecular weight excluding hydrogens is 512 g/mol. The van der Waals surface area contributed by atoms with Crippen LogP contribution in [0, 0.1) is 0 Å². The third-order valence-corrected chi connectivity index (χ3v) is 7.53. The zero-order chi connectivity index (χ0) is 26.6. The van der Waals surface area contributed by atoms with Gasteiger partial charge in [-0.25, -0.2) is 14.6 Å². The number of thiazole rings is 1. The Bertz CT molecular complexity index is 1270. The average Bonchev–Trinajstić information content (AvgIpc) is 3.54. The predicted molar refractivity (Wildman–Crippen MR) is 146 cm³/mol. The third kappa shape index (κ3) is 6.66. The number of aromatic nitrogens is 1. The molecule has 0 bridgehead atoms. The maximum atomic E-state index is 13.0. The van der Waals surface area contributed by atoms with Crippen LogP contribution in [-0.2, 0) is 9.47 Å². The van der Waals surface area contributed by atoms with Crippen LogP contribution in [0.4, 0.5) is 16.2 Å². The Hall–Kier alpha value is -3.44. The van der Waals surface area contributed by atoms with Gasteiger partial charge in [-0.2, -0.15) is 0 Å². The van der Waals surface area contributed by atoms with Crippen molar-refractivity contribution < 1.29 is 23.9 Å². The molecule has 0 spiro atoms. The molecule has 0 unspecified atom stereocenters. The minimum atomic E-state index is -0.534. The summed E-state index contributed by atoms with van der Waals surface area (Å²) in [4.78, 5) is 47.0. The molecule has 0 radical (unpaired) electrons. The van der Waals surface area contributed by atoms with Crippen molar-refractivity contribution >= 4 is 52.0 Å². The topological polar surface area (TPSA) is 101 Å². The molecule has 0 aliphatic carbocycles. The van der Waals surface area contributed by atoms with Gasteiger partial charge in [0.25, 0.3) is 5.91 Å². The van der Waals surface area contributed by atoms with Gasteiger partial charge in [-0.1, -0.05) is 12.1 Å². The molecule has 9 nitrogen and oxygen atoms in total. The second kappa shape index (κ2) is 11.3. The molecule has 0 saturated carbocycles. The maximum absolute atomic E-state index is 13.0. The van der Waals surface area contributed by atoms with Crippen LogP contribution in [0.3, 0.4) is 0 Å². The lowest BCUT2D eigenvalue weighted by Gasteiger charge is -2.37. The van der Waals surface area contributed by atoms with E-state index in [0.29, 0.717) is 54.1 Å². The van der Waals surface area contributed by atoms with Crippen molar-refractivity contribution in [1.29, 1.82) is 0 Å². The highest BCUT2D eigenvalue weighted by atomic mass is 32.1. The molecule has 4 rings (SSSR count). The van der Waals surface area contributed by atoms with Gasteiger partial charge in [0, 0.05) is 31.6 Å². The Morgan fingerprint density at radius 2 is 1.78 bits per heavy atom. The summed E-state index contributed by atoms with van der Waals surface area (Å²) in [5.74, 6) is -0.679. The molecule has 196 valence electrons. The number of hydrogen-bond donors (Lipinski definition) is 1. The smallest absolute Gasteiger partial charge is 0.410 e. The predicted octanol–water partition coefficient (Wildman–Crippen LogP) is 5.36. The number of nitrogens with zero attached hydrogens (tertiary/aromatic N) is 3. The highest BCUT2D eigenvalue weighted by Gasteiger charge is 2.27. The molecule has 11 heteroatoms. The minimum absolute atomic E-state index is 0.302. The van der Waals surface area contributed by atoms with Gasteiger partial charge in [-0.3, -0.25) is 4.79 Å². The van der Waals surface area contributed by atoms with Crippen molar-refractivity contribution in [3.8, 4) is 9.88 Å². The van der Waals surface area contributed by atoms with Gasteiger partial charge < -0.3 is 24.6 Å². The van der Waals surface area contributed by atoms with Gasteiger partial charge in [0.15, 0.2) is 0 Å². The van der Waals surface area contributed by atoms with Gasteiger partial charge in [-0.15, -0.1) is 22.7 Å². The summed E-state index contributed by atoms with van der Waals surface area (Å²) in [6.45, 7) is 9.94. The van der Waals surface area contributed by atoms with E-state index in [0.717, 1.165) is 10.6 Å². The second-order valence-corrected chi connectivity index (χ2v) is 11.3. The number of hydrogen-bond acceptors (Lipinski definition) is 9. The first-order valence-electron chi connectivity index (χ1n) is 12.0. The van der Waals surface area contributed by atoms with Crippen molar-refractivity contribution in [2.24, 2.45) is 0 Å². The third-order valence-electron chi connectivity index (χ3n) is 5.45. The van der Waals surface area contributed by atoms with Crippen LogP contribution in [0.25, 0.3) is 9.88 Å². The quantitative estimate of drug-likeness (QED) is 0.419. The number of esters is 1. The van der Waals surface area contributed by atoms with Crippen molar-refractivity contribution in [3.05, 3.63) is 52.3 Å². The summed E-state index contributed by atoms with van der Waals surface area (Å²) in [5.41, 5.74) is 1.32. The fourth-order valence-corrected chi connectivity index (χ4v) is 5.53. The van der Waals surface area contributed by atoms with Crippen LogP contribution in [-0.4, -0.2) is 66.2 Å². The van der Waals surface area contributed by atoms with Crippen molar-refractivity contribution in [2.75, 3.05) is 43.0 Å². The molecule has 1 aliphatic heterocycles. The van der Waals surface area contributed by atoms with Gasteiger partial charge >= 0.3 is 12.1 Å². The van der Waals surface area contributed by atoms with E-state index < -0.39 is 5.60 Å². The number of benzene rings is 1. The van der Waals surface area contributed by atoms with E-state index in [2.05, 4.69) is 15.2 Å². The fourth-order valence-electron chi connectivity index (χ4n) is 3.75. The minimum Gasteiger partial charge on any atom is -0.462 e. The van der Waals surface area contributed by atoms with E-state index in [1.54, 1.807) is 23.3 Å². The number of amides is 2. The van der Waals surface area contributed by atoms with E-state index in [9.17, 15) is 14.4 Å². The molecule has 1 aliphatic rings. The number of rotatable bonds is 6. The molecular formula is C26H30N4O5S2. The zero-order valence-electron chi connectivity index (χ0n) is 21.3. The summed E-state index contributed by atoms with van der Waals surface area (Å²) in [7, 11) is 0. The van der Waals surface area contributed by atoms with Gasteiger partial charge in [-0.05, 0) is 52.0 Å². The molecule has 2 amide bonds. The Morgan fingerprint density at radius 3 is 2.49 bits per heavy atom. The molecule has 3 heterocycles. The van der Waals surface area contributed by atoms with Gasteiger partial charge in [0.2, 0.25) is 0 Å². The Kier molecular flexibility index (Phi) is 8.13. The standard InChI is InChI=1S/C26H30N4O5S2/c1-5-34-24(32)21-11-10-20(37-21)23-28-18(16-36-23)22(31)27-17-8-6-7-9-19(17)29-12-14-30(15-13-29)25(33)35-26(2,3)4/h6-11,16H,5,12-15H2,1-4H3,(H,27,31). The van der Waals surface area contributed by atoms with Crippen LogP contribution in [0.15, 0.2) is 41.8 Å². The van der Waals surface area contributed by atoms with Crippen LogP contribution < -0.4 is 10.2 Å². The summed E-state index contributed by atoms with van der Waals surface area (Å²) in [6.07, 6.45) is -0.312. The Labute approximate surface area is 224 Å². The molecule has 1 fully saturated rings. The van der Waals surface area contributed by atoms with E-state index in [-0.39, 0.29) is 18.0 Å². The maximum Gasteiger partial charge on any atom is 0.410 e. The summed E-state index contributed by atoms with van der Waals surface area (Å²) >= 11 is 2.63.